The van der Waals surface area contributed by atoms with Crippen LogP contribution in [0.15, 0.2) is 18.2 Å². The molecule has 0 aliphatic rings. The summed E-state index contributed by atoms with van der Waals surface area (Å²) in [4.78, 5) is 0. The molecule has 14 heavy (non-hydrogen) atoms. The Morgan fingerprint density at radius 1 is 1.14 bits per heavy atom. The maximum Gasteiger partial charge on any atom is 0.164 e. The van der Waals surface area contributed by atoms with Crippen molar-refractivity contribution in [3.63, 3.8) is 0 Å². The fourth-order valence-corrected chi connectivity index (χ4v) is 1.28. The van der Waals surface area contributed by atoms with Crippen LogP contribution >= 0.6 is 0 Å². The summed E-state index contributed by atoms with van der Waals surface area (Å²) in [6.45, 7) is 7.52. The molecule has 2 heteroatoms. The molecule has 0 aliphatic carbocycles. The van der Waals surface area contributed by atoms with Crippen LogP contribution in [0.5, 0.6) is 11.5 Å². The molecule has 0 aromatic heterocycles. The van der Waals surface area contributed by atoms with Crippen molar-refractivity contribution in [1.29, 1.82) is 0 Å². The van der Waals surface area contributed by atoms with Gasteiger partial charge in [0.1, 0.15) is 0 Å². The molecule has 0 fully saturated rings. The SMILES string of the molecule is CCCOc1c(C)cccc1OCC. The maximum atomic E-state index is 5.64. The predicted molar refractivity (Wildman–Crippen MR) is 58.1 cm³/mol. The highest BCUT2D eigenvalue weighted by Gasteiger charge is 2.06. The molecule has 1 aromatic carbocycles. The van der Waals surface area contributed by atoms with E-state index in [1.807, 2.05) is 32.0 Å². The molecule has 0 bridgehead atoms. The van der Waals surface area contributed by atoms with Gasteiger partial charge in [0.05, 0.1) is 13.2 Å². The van der Waals surface area contributed by atoms with E-state index in [0.29, 0.717) is 6.61 Å². The van der Waals surface area contributed by atoms with Crippen LogP contribution in [-0.2, 0) is 0 Å². The molecule has 2 nitrogen and oxygen atoms in total. The highest BCUT2D eigenvalue weighted by molar-refractivity contribution is 5.45. The molecule has 0 saturated carbocycles. The van der Waals surface area contributed by atoms with Crippen molar-refractivity contribution in [2.24, 2.45) is 0 Å². The molecule has 78 valence electrons. The van der Waals surface area contributed by atoms with Gasteiger partial charge in [-0.25, -0.2) is 0 Å². The summed E-state index contributed by atoms with van der Waals surface area (Å²) in [5, 5.41) is 0. The van der Waals surface area contributed by atoms with Crippen LogP contribution in [0.2, 0.25) is 0 Å². The minimum absolute atomic E-state index is 0.673. The van der Waals surface area contributed by atoms with Gasteiger partial charge in [0.2, 0.25) is 0 Å². The summed E-state index contributed by atoms with van der Waals surface area (Å²) in [5.41, 5.74) is 1.13. The second-order valence-electron chi connectivity index (χ2n) is 3.18. The molecule has 0 spiro atoms. The van der Waals surface area contributed by atoms with Crippen LogP contribution < -0.4 is 9.47 Å². The topological polar surface area (TPSA) is 18.5 Å². The molecule has 0 N–H and O–H groups in total. The van der Waals surface area contributed by atoms with E-state index in [4.69, 9.17) is 9.47 Å². The summed E-state index contributed by atoms with van der Waals surface area (Å²) in [5.74, 6) is 1.73. The quantitative estimate of drug-likeness (QED) is 0.716. The van der Waals surface area contributed by atoms with Crippen molar-refractivity contribution in [2.45, 2.75) is 27.2 Å². The van der Waals surface area contributed by atoms with Crippen LogP contribution in [0.3, 0.4) is 0 Å². The van der Waals surface area contributed by atoms with Crippen LogP contribution in [-0.4, -0.2) is 13.2 Å². The fraction of sp³-hybridized carbons (Fsp3) is 0.500. The van der Waals surface area contributed by atoms with Crippen LogP contribution in [0.4, 0.5) is 0 Å². The van der Waals surface area contributed by atoms with E-state index < -0.39 is 0 Å². The van der Waals surface area contributed by atoms with Crippen molar-refractivity contribution in [3.05, 3.63) is 23.8 Å². The lowest BCUT2D eigenvalue weighted by Gasteiger charge is -2.13. The molecule has 1 rings (SSSR count). The lowest BCUT2D eigenvalue weighted by molar-refractivity contribution is 0.275. The number of aryl methyl sites for hydroxylation is 1. The highest BCUT2D eigenvalue weighted by atomic mass is 16.5. The van der Waals surface area contributed by atoms with Gasteiger partial charge in [-0.15, -0.1) is 0 Å². The van der Waals surface area contributed by atoms with Gasteiger partial charge in [-0.1, -0.05) is 19.1 Å². The number of hydrogen-bond donors (Lipinski definition) is 0. The number of benzene rings is 1. The highest BCUT2D eigenvalue weighted by Crippen LogP contribution is 2.30. The Morgan fingerprint density at radius 3 is 2.57 bits per heavy atom. The maximum absolute atomic E-state index is 5.64. The molecule has 0 unspecified atom stereocenters. The van der Waals surface area contributed by atoms with Crippen LogP contribution in [0.25, 0.3) is 0 Å². The average Bonchev–Trinajstić information content (AvgIpc) is 2.18. The first-order valence-electron chi connectivity index (χ1n) is 5.14. The van der Waals surface area contributed by atoms with Crippen molar-refractivity contribution < 1.29 is 9.47 Å². The average molecular weight is 194 g/mol. The standard InChI is InChI=1S/C12H18O2/c1-4-9-14-12-10(3)7-6-8-11(12)13-5-2/h6-8H,4-5,9H2,1-3H3. The summed E-state index contributed by atoms with van der Waals surface area (Å²) >= 11 is 0. The van der Waals surface area contributed by atoms with E-state index in [1.165, 1.54) is 0 Å². The summed E-state index contributed by atoms with van der Waals surface area (Å²) < 4.78 is 11.1. The number of hydrogen-bond acceptors (Lipinski definition) is 2. The second-order valence-corrected chi connectivity index (χ2v) is 3.18. The van der Waals surface area contributed by atoms with Crippen LogP contribution in [0, 0.1) is 6.92 Å². The van der Waals surface area contributed by atoms with Gasteiger partial charge in [0.15, 0.2) is 11.5 Å². The molecule has 0 amide bonds. The molecule has 0 saturated heterocycles. The van der Waals surface area contributed by atoms with E-state index in [9.17, 15) is 0 Å². The molecule has 0 atom stereocenters. The lowest BCUT2D eigenvalue weighted by atomic mass is 10.2. The molecule has 0 heterocycles. The Morgan fingerprint density at radius 2 is 1.93 bits per heavy atom. The molecular formula is C12H18O2. The summed E-state index contributed by atoms with van der Waals surface area (Å²) in [6, 6.07) is 5.97. The zero-order valence-electron chi connectivity index (χ0n) is 9.17. The smallest absolute Gasteiger partial charge is 0.164 e. The van der Waals surface area contributed by atoms with E-state index in [-0.39, 0.29) is 0 Å². The number of ether oxygens (including phenoxy) is 2. The van der Waals surface area contributed by atoms with Gasteiger partial charge in [-0.2, -0.15) is 0 Å². The van der Waals surface area contributed by atoms with E-state index in [0.717, 1.165) is 30.1 Å². The third-order valence-electron chi connectivity index (χ3n) is 1.93. The largest absolute Gasteiger partial charge is 0.490 e. The first-order chi connectivity index (χ1) is 6.79. The summed E-state index contributed by atoms with van der Waals surface area (Å²) in [6.07, 6.45) is 1.01. The van der Waals surface area contributed by atoms with Crippen molar-refractivity contribution in [3.8, 4) is 11.5 Å². The Balaban J connectivity index is 2.84. The lowest BCUT2D eigenvalue weighted by Crippen LogP contribution is -2.01. The number of rotatable bonds is 5. The van der Waals surface area contributed by atoms with Gasteiger partial charge in [-0.3, -0.25) is 0 Å². The first kappa shape index (κ1) is 10.9. The summed E-state index contributed by atoms with van der Waals surface area (Å²) in [7, 11) is 0. The van der Waals surface area contributed by atoms with Gasteiger partial charge >= 0.3 is 0 Å². The fourth-order valence-electron chi connectivity index (χ4n) is 1.28. The van der Waals surface area contributed by atoms with Gasteiger partial charge in [0, 0.05) is 0 Å². The van der Waals surface area contributed by atoms with E-state index in [1.54, 1.807) is 0 Å². The monoisotopic (exact) mass is 194 g/mol. The predicted octanol–water partition coefficient (Wildman–Crippen LogP) is 3.18. The zero-order chi connectivity index (χ0) is 10.4. The van der Waals surface area contributed by atoms with E-state index in [2.05, 4.69) is 6.92 Å². The van der Waals surface area contributed by atoms with Crippen molar-refractivity contribution in [1.82, 2.24) is 0 Å². The van der Waals surface area contributed by atoms with Crippen molar-refractivity contribution in [2.75, 3.05) is 13.2 Å². The molecular weight excluding hydrogens is 176 g/mol. The molecule has 0 radical (unpaired) electrons. The minimum atomic E-state index is 0.673. The second kappa shape index (κ2) is 5.53. The van der Waals surface area contributed by atoms with Crippen molar-refractivity contribution >= 4 is 0 Å². The van der Waals surface area contributed by atoms with Gasteiger partial charge < -0.3 is 9.47 Å². The molecule has 0 aliphatic heterocycles. The van der Waals surface area contributed by atoms with Gasteiger partial charge in [-0.05, 0) is 31.9 Å². The van der Waals surface area contributed by atoms with Gasteiger partial charge in [0.25, 0.3) is 0 Å². The minimum Gasteiger partial charge on any atom is -0.490 e. The third kappa shape index (κ3) is 2.66. The first-order valence-corrected chi connectivity index (χ1v) is 5.14. The normalized spacial score (nSPS) is 9.93. The van der Waals surface area contributed by atoms with Crippen LogP contribution in [0.1, 0.15) is 25.8 Å². The Bertz CT molecular complexity index is 282. The third-order valence-corrected chi connectivity index (χ3v) is 1.93. The Kier molecular flexibility index (Phi) is 4.30. The molecule has 1 aromatic rings. The number of para-hydroxylation sites is 1. The Hall–Kier alpha value is -1.18. The Labute approximate surface area is 85.8 Å². The zero-order valence-corrected chi connectivity index (χ0v) is 9.17. The van der Waals surface area contributed by atoms with E-state index >= 15 is 0 Å².